The molecule has 0 saturated carbocycles. The topological polar surface area (TPSA) is 38.3 Å². The summed E-state index contributed by atoms with van der Waals surface area (Å²) in [5.74, 6) is 0.721. The molecule has 2 rings (SSSR count). The van der Waals surface area contributed by atoms with Crippen LogP contribution >= 0.6 is 0 Å². The van der Waals surface area contributed by atoms with E-state index in [0.717, 1.165) is 22.9 Å². The molecule has 2 aromatic carbocycles. The molecule has 0 saturated heterocycles. The van der Waals surface area contributed by atoms with Crippen molar-refractivity contribution in [1.82, 2.24) is 5.32 Å². The summed E-state index contributed by atoms with van der Waals surface area (Å²) in [7, 11) is 0. The van der Waals surface area contributed by atoms with E-state index in [0.29, 0.717) is 6.42 Å². The van der Waals surface area contributed by atoms with Gasteiger partial charge >= 0.3 is 0 Å². The van der Waals surface area contributed by atoms with Gasteiger partial charge in [-0.25, -0.2) is 0 Å². The fourth-order valence-corrected chi connectivity index (χ4v) is 2.21. The van der Waals surface area contributed by atoms with E-state index < -0.39 is 6.10 Å². The molecule has 2 aromatic rings. The van der Waals surface area contributed by atoms with Crippen LogP contribution in [0.1, 0.15) is 33.6 Å². The monoisotopic (exact) mass is 285 g/mol. The number of amides is 1. The maximum absolute atomic E-state index is 12.2. The zero-order valence-electron chi connectivity index (χ0n) is 12.9. The number of nitrogens with one attached hydrogen (secondary N) is 1. The Hall–Kier alpha value is -2.03. The standard InChI is InChI=1S/C18H23NO2/c1-4-13(3)19-18(20)16(5-2)21-17-12-8-10-14-9-6-7-11-15(14)17/h6-13,16H,4-5H2,1-3H3,(H,19,20)/t13-,16+/m0/s1. The summed E-state index contributed by atoms with van der Waals surface area (Å²) in [6.45, 7) is 6.02. The molecule has 0 aliphatic rings. The van der Waals surface area contributed by atoms with Crippen molar-refractivity contribution in [1.29, 1.82) is 0 Å². The second-order valence-corrected chi connectivity index (χ2v) is 5.31. The van der Waals surface area contributed by atoms with E-state index in [9.17, 15) is 4.79 Å². The Bertz CT molecular complexity index is 604. The highest BCUT2D eigenvalue weighted by molar-refractivity contribution is 5.89. The van der Waals surface area contributed by atoms with Gasteiger partial charge in [0.25, 0.3) is 5.91 Å². The maximum atomic E-state index is 12.2. The Morgan fingerprint density at radius 3 is 2.52 bits per heavy atom. The van der Waals surface area contributed by atoms with Gasteiger partial charge in [0.15, 0.2) is 6.10 Å². The minimum atomic E-state index is -0.454. The summed E-state index contributed by atoms with van der Waals surface area (Å²) in [6.07, 6.45) is 1.10. The van der Waals surface area contributed by atoms with Gasteiger partial charge in [-0.1, -0.05) is 50.2 Å². The third-order valence-electron chi connectivity index (χ3n) is 3.68. The summed E-state index contributed by atoms with van der Waals surface area (Å²) >= 11 is 0. The summed E-state index contributed by atoms with van der Waals surface area (Å²) < 4.78 is 5.97. The van der Waals surface area contributed by atoms with Gasteiger partial charge in [-0.2, -0.15) is 0 Å². The lowest BCUT2D eigenvalue weighted by molar-refractivity contribution is -0.128. The Kier molecular flexibility index (Phi) is 5.20. The molecule has 0 fully saturated rings. The zero-order valence-corrected chi connectivity index (χ0v) is 12.9. The Morgan fingerprint density at radius 1 is 1.10 bits per heavy atom. The van der Waals surface area contributed by atoms with Crippen molar-refractivity contribution in [3.63, 3.8) is 0 Å². The van der Waals surface area contributed by atoms with Gasteiger partial charge in [0.2, 0.25) is 0 Å². The third kappa shape index (κ3) is 3.75. The van der Waals surface area contributed by atoms with E-state index in [2.05, 4.69) is 12.2 Å². The largest absolute Gasteiger partial charge is 0.480 e. The van der Waals surface area contributed by atoms with Gasteiger partial charge in [0, 0.05) is 11.4 Å². The van der Waals surface area contributed by atoms with Crippen LogP contribution < -0.4 is 10.1 Å². The van der Waals surface area contributed by atoms with Crippen molar-refractivity contribution in [2.24, 2.45) is 0 Å². The highest BCUT2D eigenvalue weighted by Crippen LogP contribution is 2.26. The highest BCUT2D eigenvalue weighted by atomic mass is 16.5. The Balaban J connectivity index is 2.19. The van der Waals surface area contributed by atoms with E-state index >= 15 is 0 Å². The molecule has 0 unspecified atom stereocenters. The lowest BCUT2D eigenvalue weighted by Gasteiger charge is -2.20. The van der Waals surface area contributed by atoms with Crippen LogP contribution in [0.15, 0.2) is 42.5 Å². The van der Waals surface area contributed by atoms with Crippen LogP contribution in [0.5, 0.6) is 5.75 Å². The molecule has 21 heavy (non-hydrogen) atoms. The van der Waals surface area contributed by atoms with Gasteiger partial charge < -0.3 is 10.1 Å². The lowest BCUT2D eigenvalue weighted by Crippen LogP contribution is -2.42. The van der Waals surface area contributed by atoms with Gasteiger partial charge in [-0.05, 0) is 31.2 Å². The first kappa shape index (κ1) is 15.4. The molecule has 1 amide bonds. The van der Waals surface area contributed by atoms with Crippen LogP contribution in [0.2, 0.25) is 0 Å². The molecule has 0 aromatic heterocycles. The second kappa shape index (κ2) is 7.11. The summed E-state index contributed by atoms with van der Waals surface area (Å²) in [4.78, 5) is 12.2. The smallest absolute Gasteiger partial charge is 0.261 e. The van der Waals surface area contributed by atoms with Crippen molar-refractivity contribution >= 4 is 16.7 Å². The minimum Gasteiger partial charge on any atom is -0.480 e. The van der Waals surface area contributed by atoms with Gasteiger partial charge in [0.1, 0.15) is 5.75 Å². The summed E-state index contributed by atoms with van der Waals surface area (Å²) in [5.41, 5.74) is 0. The molecule has 0 radical (unpaired) electrons. The van der Waals surface area contributed by atoms with Crippen molar-refractivity contribution in [2.45, 2.75) is 45.8 Å². The Morgan fingerprint density at radius 2 is 1.81 bits per heavy atom. The van der Waals surface area contributed by atoms with Crippen LogP contribution in [0, 0.1) is 0 Å². The third-order valence-corrected chi connectivity index (χ3v) is 3.68. The van der Waals surface area contributed by atoms with E-state index in [1.807, 2.05) is 56.3 Å². The molecule has 0 bridgehead atoms. The van der Waals surface area contributed by atoms with Crippen molar-refractivity contribution < 1.29 is 9.53 Å². The molecular weight excluding hydrogens is 262 g/mol. The SMILES string of the molecule is CC[C@H](C)NC(=O)[C@@H](CC)Oc1cccc2ccccc12. The summed E-state index contributed by atoms with van der Waals surface area (Å²) in [5, 5.41) is 5.14. The molecule has 0 spiro atoms. The molecule has 112 valence electrons. The molecule has 0 aliphatic heterocycles. The van der Waals surface area contributed by atoms with Gasteiger partial charge in [-0.3, -0.25) is 4.79 Å². The average Bonchev–Trinajstić information content (AvgIpc) is 2.52. The average molecular weight is 285 g/mol. The zero-order chi connectivity index (χ0) is 15.2. The van der Waals surface area contributed by atoms with Crippen LogP contribution in [-0.2, 0) is 4.79 Å². The number of rotatable bonds is 6. The Labute approximate surface area is 126 Å². The summed E-state index contributed by atoms with van der Waals surface area (Å²) in [6, 6.07) is 14.1. The molecule has 0 heterocycles. The van der Waals surface area contributed by atoms with Crippen molar-refractivity contribution in [3.05, 3.63) is 42.5 Å². The first-order chi connectivity index (χ1) is 10.2. The van der Waals surface area contributed by atoms with Crippen LogP contribution in [-0.4, -0.2) is 18.1 Å². The number of benzene rings is 2. The van der Waals surface area contributed by atoms with Gasteiger partial charge in [0.05, 0.1) is 0 Å². The molecule has 1 N–H and O–H groups in total. The first-order valence-electron chi connectivity index (χ1n) is 7.60. The van der Waals surface area contributed by atoms with E-state index in [4.69, 9.17) is 4.74 Å². The lowest BCUT2D eigenvalue weighted by atomic mass is 10.1. The van der Waals surface area contributed by atoms with E-state index in [-0.39, 0.29) is 11.9 Å². The van der Waals surface area contributed by atoms with Crippen LogP contribution in [0.25, 0.3) is 10.8 Å². The number of ether oxygens (including phenoxy) is 1. The first-order valence-corrected chi connectivity index (χ1v) is 7.60. The fraction of sp³-hybridized carbons (Fsp3) is 0.389. The minimum absolute atomic E-state index is 0.0419. The molecule has 3 nitrogen and oxygen atoms in total. The number of carbonyl (C=O) groups excluding carboxylic acids is 1. The van der Waals surface area contributed by atoms with Crippen molar-refractivity contribution in [3.8, 4) is 5.75 Å². The van der Waals surface area contributed by atoms with E-state index in [1.165, 1.54) is 0 Å². The van der Waals surface area contributed by atoms with Crippen LogP contribution in [0.3, 0.4) is 0 Å². The molecule has 0 aliphatic carbocycles. The molecule has 3 heteroatoms. The number of hydrogen-bond acceptors (Lipinski definition) is 2. The normalized spacial score (nSPS) is 13.7. The second-order valence-electron chi connectivity index (χ2n) is 5.31. The van der Waals surface area contributed by atoms with Crippen LogP contribution in [0.4, 0.5) is 0 Å². The van der Waals surface area contributed by atoms with E-state index in [1.54, 1.807) is 0 Å². The highest BCUT2D eigenvalue weighted by Gasteiger charge is 2.20. The number of hydrogen-bond donors (Lipinski definition) is 1. The fourth-order valence-electron chi connectivity index (χ4n) is 2.21. The molecular formula is C18H23NO2. The predicted octanol–water partition coefficient (Wildman–Crippen LogP) is 3.91. The maximum Gasteiger partial charge on any atom is 0.261 e. The number of carbonyl (C=O) groups is 1. The number of fused-ring (bicyclic) bond motifs is 1. The molecule has 2 atom stereocenters. The van der Waals surface area contributed by atoms with Crippen molar-refractivity contribution in [2.75, 3.05) is 0 Å². The predicted molar refractivity (Wildman–Crippen MR) is 86.6 cm³/mol. The quantitative estimate of drug-likeness (QED) is 0.873. The van der Waals surface area contributed by atoms with Gasteiger partial charge in [-0.15, -0.1) is 0 Å².